The summed E-state index contributed by atoms with van der Waals surface area (Å²) in [4.78, 5) is 4.58. The fraction of sp³-hybridized carbons (Fsp3) is 0.812. The Bertz CT molecular complexity index is 392. The number of isothiocyanates is 1. The number of allylic oxidation sites excluding steroid dienone is 2. The van der Waals surface area contributed by atoms with Crippen molar-refractivity contribution in [2.45, 2.75) is 58.9 Å². The Labute approximate surface area is 117 Å². The van der Waals surface area contributed by atoms with Crippen LogP contribution in [0.3, 0.4) is 0 Å². The Morgan fingerprint density at radius 1 is 1.44 bits per heavy atom. The van der Waals surface area contributed by atoms with Crippen LogP contribution in [0.4, 0.5) is 0 Å². The normalized spacial score (nSPS) is 39.8. The van der Waals surface area contributed by atoms with Crippen LogP contribution in [0.5, 0.6) is 0 Å². The van der Waals surface area contributed by atoms with Crippen LogP contribution in [0.2, 0.25) is 0 Å². The molecular formula is C16H25NS. The van der Waals surface area contributed by atoms with Crippen molar-refractivity contribution in [1.82, 2.24) is 0 Å². The standard InChI is InChI=1S/C16H25NS/c1-11(2)13-7-8-16(4,17-10-18)15-6-5-12(3)14(15)9-13/h9,11-12,14-15H,5-8H2,1-4H3/t12-,14-,15+,16?/m1/s1. The molecular weight excluding hydrogens is 238 g/mol. The average molecular weight is 263 g/mol. The summed E-state index contributed by atoms with van der Waals surface area (Å²) >= 11 is 4.89. The van der Waals surface area contributed by atoms with Crippen LogP contribution in [0.1, 0.15) is 53.4 Å². The van der Waals surface area contributed by atoms with Gasteiger partial charge < -0.3 is 0 Å². The van der Waals surface area contributed by atoms with Crippen LogP contribution in [0, 0.1) is 23.7 Å². The van der Waals surface area contributed by atoms with Crippen LogP contribution in [-0.2, 0) is 0 Å². The van der Waals surface area contributed by atoms with Gasteiger partial charge in [0.2, 0.25) is 0 Å². The van der Waals surface area contributed by atoms with E-state index in [1.54, 1.807) is 5.57 Å². The molecule has 0 aromatic carbocycles. The molecule has 0 radical (unpaired) electrons. The third kappa shape index (κ3) is 2.46. The van der Waals surface area contributed by atoms with Gasteiger partial charge in [0.15, 0.2) is 0 Å². The Morgan fingerprint density at radius 3 is 2.78 bits per heavy atom. The molecule has 0 aromatic heterocycles. The number of fused-ring (bicyclic) bond motifs is 1. The van der Waals surface area contributed by atoms with Gasteiger partial charge in [0.05, 0.1) is 10.7 Å². The zero-order valence-corrected chi connectivity index (χ0v) is 12.9. The molecule has 4 atom stereocenters. The lowest BCUT2D eigenvalue weighted by molar-refractivity contribution is 0.243. The highest BCUT2D eigenvalue weighted by molar-refractivity contribution is 7.78. The Morgan fingerprint density at radius 2 is 2.17 bits per heavy atom. The lowest BCUT2D eigenvalue weighted by atomic mass is 9.76. The molecule has 1 saturated carbocycles. The van der Waals surface area contributed by atoms with Gasteiger partial charge in [-0.1, -0.05) is 32.4 Å². The first-order valence-electron chi connectivity index (χ1n) is 7.27. The second kappa shape index (κ2) is 5.27. The largest absolute Gasteiger partial charge is 0.226 e. The molecule has 2 aliphatic carbocycles. The van der Waals surface area contributed by atoms with Gasteiger partial charge in [-0.3, -0.25) is 0 Å². The van der Waals surface area contributed by atoms with Gasteiger partial charge in [-0.15, -0.1) is 0 Å². The Hall–Kier alpha value is -0.460. The lowest BCUT2D eigenvalue weighted by Crippen LogP contribution is -2.34. The first-order chi connectivity index (χ1) is 8.48. The van der Waals surface area contributed by atoms with Gasteiger partial charge in [0.1, 0.15) is 0 Å². The highest BCUT2D eigenvalue weighted by atomic mass is 32.1. The van der Waals surface area contributed by atoms with Gasteiger partial charge in [0, 0.05) is 0 Å². The summed E-state index contributed by atoms with van der Waals surface area (Å²) < 4.78 is 0. The summed E-state index contributed by atoms with van der Waals surface area (Å²) in [5, 5.41) is 2.66. The van der Waals surface area contributed by atoms with E-state index in [0.29, 0.717) is 17.8 Å². The molecule has 0 aromatic rings. The summed E-state index contributed by atoms with van der Waals surface area (Å²) in [7, 11) is 0. The minimum atomic E-state index is 0.0182. The minimum Gasteiger partial charge on any atom is -0.226 e. The quantitative estimate of drug-likeness (QED) is 0.393. The molecule has 0 heterocycles. The molecule has 0 bridgehead atoms. The van der Waals surface area contributed by atoms with E-state index in [4.69, 9.17) is 12.2 Å². The maximum absolute atomic E-state index is 4.89. The minimum absolute atomic E-state index is 0.0182. The summed E-state index contributed by atoms with van der Waals surface area (Å²) in [5.74, 6) is 2.82. The van der Waals surface area contributed by atoms with E-state index >= 15 is 0 Å². The predicted molar refractivity (Wildman–Crippen MR) is 81.0 cm³/mol. The first-order valence-corrected chi connectivity index (χ1v) is 7.68. The maximum atomic E-state index is 4.89. The molecule has 2 heteroatoms. The van der Waals surface area contributed by atoms with E-state index in [2.05, 4.69) is 43.9 Å². The predicted octanol–water partition coefficient (Wildman–Crippen LogP) is 4.89. The van der Waals surface area contributed by atoms with Gasteiger partial charge >= 0.3 is 0 Å². The number of hydrogen-bond acceptors (Lipinski definition) is 2. The van der Waals surface area contributed by atoms with E-state index in [1.807, 2.05) is 0 Å². The van der Waals surface area contributed by atoms with Gasteiger partial charge in [0.25, 0.3) is 0 Å². The molecule has 0 aliphatic heterocycles. The number of thiocarbonyl (C=S) groups is 1. The molecule has 2 rings (SSSR count). The van der Waals surface area contributed by atoms with Crippen LogP contribution >= 0.6 is 12.2 Å². The highest BCUT2D eigenvalue weighted by Crippen LogP contribution is 2.50. The summed E-state index contributed by atoms with van der Waals surface area (Å²) in [6, 6.07) is 0. The van der Waals surface area contributed by atoms with E-state index < -0.39 is 0 Å². The van der Waals surface area contributed by atoms with Crippen molar-refractivity contribution < 1.29 is 0 Å². The molecule has 18 heavy (non-hydrogen) atoms. The lowest BCUT2D eigenvalue weighted by Gasteiger charge is -2.33. The zero-order chi connectivity index (χ0) is 13.3. The van der Waals surface area contributed by atoms with Crippen molar-refractivity contribution in [3.05, 3.63) is 11.6 Å². The van der Waals surface area contributed by atoms with Gasteiger partial charge in [-0.2, -0.15) is 0 Å². The smallest absolute Gasteiger partial charge is 0.0719 e. The Kier molecular flexibility index (Phi) is 4.08. The number of nitrogens with zero attached hydrogens (tertiary/aromatic N) is 1. The molecule has 0 spiro atoms. The topological polar surface area (TPSA) is 12.4 Å². The SMILES string of the molecule is CC(C)C1=C[C@@H]2[C@H](C)CC[C@@H]2C(C)(N=C=S)CC1. The van der Waals surface area contributed by atoms with Crippen molar-refractivity contribution in [3.8, 4) is 0 Å². The van der Waals surface area contributed by atoms with Crippen LogP contribution in [-0.4, -0.2) is 10.7 Å². The highest BCUT2D eigenvalue weighted by Gasteiger charge is 2.45. The third-order valence-electron chi connectivity index (χ3n) is 5.22. The van der Waals surface area contributed by atoms with Crippen molar-refractivity contribution >= 4 is 17.4 Å². The van der Waals surface area contributed by atoms with Crippen LogP contribution in [0.15, 0.2) is 16.6 Å². The van der Waals surface area contributed by atoms with Gasteiger partial charge in [-0.05, 0) is 68.5 Å². The first kappa shape index (κ1) is 14.0. The average Bonchev–Trinajstić information content (AvgIpc) is 2.59. The summed E-state index contributed by atoms with van der Waals surface area (Å²) in [6.07, 6.45) is 7.52. The molecule has 0 N–H and O–H groups in total. The second-order valence-electron chi connectivity index (χ2n) is 6.70. The monoisotopic (exact) mass is 263 g/mol. The van der Waals surface area contributed by atoms with E-state index in [-0.39, 0.29) is 5.54 Å². The zero-order valence-electron chi connectivity index (χ0n) is 12.1. The number of hydrogen-bond donors (Lipinski definition) is 0. The molecule has 0 saturated heterocycles. The fourth-order valence-electron chi connectivity index (χ4n) is 3.87. The number of rotatable bonds is 2. The van der Waals surface area contributed by atoms with Gasteiger partial charge in [-0.25, -0.2) is 4.99 Å². The fourth-order valence-corrected chi connectivity index (χ4v) is 4.08. The van der Waals surface area contributed by atoms with E-state index in [1.165, 1.54) is 19.3 Å². The molecule has 100 valence electrons. The van der Waals surface area contributed by atoms with E-state index in [0.717, 1.165) is 12.3 Å². The Balaban J connectivity index is 2.37. The van der Waals surface area contributed by atoms with Crippen molar-refractivity contribution in [2.75, 3.05) is 0 Å². The molecule has 2 aliphatic rings. The second-order valence-corrected chi connectivity index (χ2v) is 6.88. The third-order valence-corrected chi connectivity index (χ3v) is 5.31. The molecule has 1 fully saturated rings. The molecule has 0 amide bonds. The van der Waals surface area contributed by atoms with Crippen molar-refractivity contribution in [1.29, 1.82) is 0 Å². The molecule has 1 unspecified atom stereocenters. The molecule has 1 nitrogen and oxygen atoms in total. The van der Waals surface area contributed by atoms with Crippen molar-refractivity contribution in [2.24, 2.45) is 28.7 Å². The summed E-state index contributed by atoms with van der Waals surface area (Å²) in [5.41, 5.74) is 1.65. The van der Waals surface area contributed by atoms with Crippen molar-refractivity contribution in [3.63, 3.8) is 0 Å². The van der Waals surface area contributed by atoms with Crippen LogP contribution in [0.25, 0.3) is 0 Å². The summed E-state index contributed by atoms with van der Waals surface area (Å²) in [6.45, 7) is 9.31. The van der Waals surface area contributed by atoms with Crippen LogP contribution < -0.4 is 0 Å². The van der Waals surface area contributed by atoms with E-state index in [9.17, 15) is 0 Å². The number of aliphatic imine (C=N–C) groups is 1. The maximum Gasteiger partial charge on any atom is 0.0719 e.